The largest absolute Gasteiger partial charge is 0.0985 e. The Morgan fingerprint density at radius 1 is 0.700 bits per heavy atom. The van der Waals surface area contributed by atoms with Gasteiger partial charge in [-0.15, -0.1) is 0 Å². The highest BCUT2D eigenvalue weighted by molar-refractivity contribution is 5.45. The van der Waals surface area contributed by atoms with Crippen LogP contribution in [0.1, 0.15) is 45.1 Å². The molecule has 0 aliphatic rings. The third-order valence-electron chi connectivity index (χ3n) is 2.66. The molecule has 0 fully saturated rings. The van der Waals surface area contributed by atoms with Gasteiger partial charge >= 0.3 is 0 Å². The van der Waals surface area contributed by atoms with E-state index in [0.29, 0.717) is 0 Å². The first kappa shape index (κ1) is 18.2. The quantitative estimate of drug-likeness (QED) is 0.548. The summed E-state index contributed by atoms with van der Waals surface area (Å²) in [6.45, 7) is 8.09. The van der Waals surface area contributed by atoms with Crippen LogP contribution < -0.4 is 0 Å². The van der Waals surface area contributed by atoms with Gasteiger partial charge in [-0.1, -0.05) is 119 Å². The Bertz CT molecular complexity index is 358. The molecule has 0 saturated heterocycles. The summed E-state index contributed by atoms with van der Waals surface area (Å²) in [5, 5.41) is 0. The molecular weight excluding hydrogens is 240 g/mol. The van der Waals surface area contributed by atoms with Crippen LogP contribution in [0, 0.1) is 0 Å². The second kappa shape index (κ2) is 15.2. The molecule has 2 rings (SSSR count). The fourth-order valence-electron chi connectivity index (χ4n) is 1.47. The van der Waals surface area contributed by atoms with Crippen molar-refractivity contribution in [3.05, 3.63) is 78.9 Å². The fraction of sp³-hybridized carbons (Fsp3) is 0.300. The van der Waals surface area contributed by atoms with Crippen LogP contribution >= 0.6 is 0 Å². The van der Waals surface area contributed by atoms with E-state index in [0.717, 1.165) is 0 Å². The van der Waals surface area contributed by atoms with Gasteiger partial charge in [-0.3, -0.25) is 0 Å². The van der Waals surface area contributed by atoms with Crippen LogP contribution in [0.2, 0.25) is 0 Å². The standard InChI is InChI=1S/C8H8.C6H6.C6H14/c1-2-8-6-4-3-5-7-8;1-2-4-6-5-3-1;1-3-5-6-4-2/h2-7H,1H2;1-6H;3-6H2,1-2H3. The van der Waals surface area contributed by atoms with E-state index in [-0.39, 0.29) is 0 Å². The Morgan fingerprint density at radius 2 is 1.05 bits per heavy atom. The molecule has 0 aliphatic heterocycles. The second-order valence-corrected chi connectivity index (χ2v) is 4.48. The summed E-state index contributed by atoms with van der Waals surface area (Å²) in [6.07, 6.45) is 7.37. The van der Waals surface area contributed by atoms with Gasteiger partial charge in [-0.25, -0.2) is 0 Å². The van der Waals surface area contributed by atoms with Crippen LogP contribution in [0.25, 0.3) is 6.08 Å². The van der Waals surface area contributed by atoms with Crippen molar-refractivity contribution in [1.82, 2.24) is 0 Å². The van der Waals surface area contributed by atoms with E-state index in [2.05, 4.69) is 20.4 Å². The predicted octanol–water partition coefficient (Wildman–Crippen LogP) is 6.60. The second-order valence-electron chi connectivity index (χ2n) is 4.48. The normalized spacial score (nSPS) is 8.50. The molecule has 0 heteroatoms. The molecule has 108 valence electrons. The third kappa shape index (κ3) is 12.6. The molecule has 0 saturated carbocycles. The Morgan fingerprint density at radius 3 is 1.30 bits per heavy atom. The first-order valence-corrected chi connectivity index (χ1v) is 7.52. The maximum Gasteiger partial charge on any atom is -0.0263 e. The van der Waals surface area contributed by atoms with Crippen LogP contribution in [0.4, 0.5) is 0 Å². The van der Waals surface area contributed by atoms with Crippen molar-refractivity contribution in [3.63, 3.8) is 0 Å². The van der Waals surface area contributed by atoms with Gasteiger partial charge in [0.2, 0.25) is 0 Å². The molecule has 2 aromatic carbocycles. The Labute approximate surface area is 125 Å². The zero-order valence-corrected chi connectivity index (χ0v) is 13.0. The lowest BCUT2D eigenvalue weighted by Gasteiger charge is -1.86. The molecule has 0 heterocycles. The zero-order valence-electron chi connectivity index (χ0n) is 13.0. The SMILES string of the molecule is C=Cc1ccccc1.CCCCCC.c1ccccc1. The van der Waals surface area contributed by atoms with E-state index in [1.54, 1.807) is 0 Å². The van der Waals surface area contributed by atoms with Crippen LogP contribution in [-0.2, 0) is 0 Å². The van der Waals surface area contributed by atoms with Crippen molar-refractivity contribution in [2.45, 2.75) is 39.5 Å². The van der Waals surface area contributed by atoms with Crippen LogP contribution in [0.3, 0.4) is 0 Å². The van der Waals surface area contributed by atoms with Gasteiger partial charge in [0.1, 0.15) is 0 Å². The topological polar surface area (TPSA) is 0 Å². The van der Waals surface area contributed by atoms with Gasteiger partial charge in [-0.05, 0) is 5.56 Å². The summed E-state index contributed by atoms with van der Waals surface area (Å²) in [7, 11) is 0. The van der Waals surface area contributed by atoms with Gasteiger partial charge in [0.05, 0.1) is 0 Å². The zero-order chi connectivity index (χ0) is 14.9. The maximum absolute atomic E-state index is 3.63. The molecule has 0 spiro atoms. The van der Waals surface area contributed by atoms with Crippen molar-refractivity contribution >= 4 is 6.08 Å². The molecule has 0 aliphatic carbocycles. The molecular formula is C20H28. The molecule has 2 aromatic rings. The summed E-state index contributed by atoms with van der Waals surface area (Å²) < 4.78 is 0. The van der Waals surface area contributed by atoms with Crippen molar-refractivity contribution in [3.8, 4) is 0 Å². The smallest absolute Gasteiger partial charge is 0.0263 e. The van der Waals surface area contributed by atoms with E-state index in [9.17, 15) is 0 Å². The summed E-state index contributed by atoms with van der Waals surface area (Å²) in [4.78, 5) is 0. The van der Waals surface area contributed by atoms with Crippen molar-refractivity contribution in [1.29, 1.82) is 0 Å². The maximum atomic E-state index is 3.63. The lowest BCUT2D eigenvalue weighted by Crippen LogP contribution is -1.66. The molecule has 0 aromatic heterocycles. The highest BCUT2D eigenvalue weighted by Crippen LogP contribution is 1.97. The van der Waals surface area contributed by atoms with E-state index < -0.39 is 0 Å². The minimum Gasteiger partial charge on any atom is -0.0985 e. The van der Waals surface area contributed by atoms with Gasteiger partial charge in [0.25, 0.3) is 0 Å². The van der Waals surface area contributed by atoms with Crippen LogP contribution in [0.5, 0.6) is 0 Å². The molecule has 0 nitrogen and oxygen atoms in total. The predicted molar refractivity (Wildman–Crippen MR) is 92.8 cm³/mol. The molecule has 0 radical (unpaired) electrons. The number of hydrogen-bond acceptors (Lipinski definition) is 0. The number of hydrogen-bond donors (Lipinski definition) is 0. The average Bonchev–Trinajstić information content (AvgIpc) is 2.56. The summed E-state index contributed by atoms with van der Waals surface area (Å²) in [5.41, 5.74) is 1.17. The Hall–Kier alpha value is -1.82. The van der Waals surface area contributed by atoms with Crippen LogP contribution in [0.15, 0.2) is 73.3 Å². The first-order valence-electron chi connectivity index (χ1n) is 7.52. The number of rotatable bonds is 4. The van der Waals surface area contributed by atoms with Crippen molar-refractivity contribution in [2.24, 2.45) is 0 Å². The molecule has 20 heavy (non-hydrogen) atoms. The Kier molecular flexibility index (Phi) is 13.9. The van der Waals surface area contributed by atoms with E-state index >= 15 is 0 Å². The summed E-state index contributed by atoms with van der Waals surface area (Å²) in [5.74, 6) is 0. The third-order valence-corrected chi connectivity index (χ3v) is 2.66. The highest BCUT2D eigenvalue weighted by Gasteiger charge is 1.76. The number of benzene rings is 2. The van der Waals surface area contributed by atoms with Gasteiger partial charge in [-0.2, -0.15) is 0 Å². The minimum absolute atomic E-state index is 1.17. The highest BCUT2D eigenvalue weighted by atomic mass is 13.8. The monoisotopic (exact) mass is 268 g/mol. The lowest BCUT2D eigenvalue weighted by molar-refractivity contribution is 0.702. The van der Waals surface area contributed by atoms with Crippen molar-refractivity contribution in [2.75, 3.05) is 0 Å². The Balaban J connectivity index is 0.000000276. The minimum atomic E-state index is 1.17. The van der Waals surface area contributed by atoms with Crippen LogP contribution in [-0.4, -0.2) is 0 Å². The van der Waals surface area contributed by atoms with E-state index in [1.807, 2.05) is 72.8 Å². The molecule has 0 bridgehead atoms. The van der Waals surface area contributed by atoms with E-state index in [4.69, 9.17) is 0 Å². The number of unbranched alkanes of at least 4 members (excludes halogenated alkanes) is 3. The van der Waals surface area contributed by atoms with E-state index in [1.165, 1.54) is 31.2 Å². The molecule has 0 unspecified atom stereocenters. The molecule has 0 amide bonds. The summed E-state index contributed by atoms with van der Waals surface area (Å²) in [6, 6.07) is 22.0. The van der Waals surface area contributed by atoms with Crippen molar-refractivity contribution < 1.29 is 0 Å². The average molecular weight is 268 g/mol. The first-order chi connectivity index (χ1) is 9.85. The fourth-order valence-corrected chi connectivity index (χ4v) is 1.47. The summed E-state index contributed by atoms with van der Waals surface area (Å²) >= 11 is 0. The van der Waals surface area contributed by atoms with Gasteiger partial charge < -0.3 is 0 Å². The molecule has 0 N–H and O–H groups in total. The molecule has 0 atom stereocenters. The lowest BCUT2D eigenvalue weighted by atomic mass is 10.2. The van der Waals surface area contributed by atoms with Gasteiger partial charge in [0.15, 0.2) is 0 Å². The van der Waals surface area contributed by atoms with Gasteiger partial charge in [0, 0.05) is 0 Å².